The number of hydrogen-bond acceptors (Lipinski definition) is 6. The molecular formula is C22H23N5O4S. The van der Waals surface area contributed by atoms with Crippen LogP contribution in [0.15, 0.2) is 77.8 Å². The van der Waals surface area contributed by atoms with E-state index in [1.165, 1.54) is 12.3 Å². The maximum absolute atomic E-state index is 12.4. The van der Waals surface area contributed by atoms with Crippen LogP contribution in [0.4, 0.5) is 16.3 Å². The van der Waals surface area contributed by atoms with Crippen molar-refractivity contribution < 1.29 is 17.9 Å². The van der Waals surface area contributed by atoms with Crippen LogP contribution in [0.25, 0.3) is 0 Å². The van der Waals surface area contributed by atoms with Gasteiger partial charge in [0.1, 0.15) is 22.2 Å². The predicted octanol–water partition coefficient (Wildman–Crippen LogP) is 2.92. The van der Waals surface area contributed by atoms with Crippen LogP contribution < -0.4 is 25.4 Å². The molecule has 2 amide bonds. The summed E-state index contributed by atoms with van der Waals surface area (Å²) in [5.74, 6) is 2.05. The maximum atomic E-state index is 12.4. The van der Waals surface area contributed by atoms with E-state index in [2.05, 4.69) is 15.6 Å². The van der Waals surface area contributed by atoms with Crippen molar-refractivity contribution in [3.8, 4) is 11.5 Å². The number of carbonyl (C=O) groups excluding carboxylic acids is 1. The van der Waals surface area contributed by atoms with Crippen LogP contribution in [-0.4, -0.2) is 38.6 Å². The normalized spacial score (nSPS) is 15.9. The van der Waals surface area contributed by atoms with Gasteiger partial charge in [-0.3, -0.25) is 0 Å². The summed E-state index contributed by atoms with van der Waals surface area (Å²) in [7, 11) is -3.77. The first-order chi connectivity index (χ1) is 15.4. The lowest BCUT2D eigenvalue weighted by molar-refractivity contribution is 0.249. The lowest BCUT2D eigenvalue weighted by Crippen LogP contribution is -2.39. The van der Waals surface area contributed by atoms with Gasteiger partial charge in [-0.15, -0.1) is 0 Å². The van der Waals surface area contributed by atoms with Crippen LogP contribution in [0, 0.1) is 0 Å². The van der Waals surface area contributed by atoms with Crippen molar-refractivity contribution in [3.05, 3.63) is 72.9 Å². The Morgan fingerprint density at radius 3 is 2.41 bits per heavy atom. The number of carbonyl (C=O) groups is 1. The van der Waals surface area contributed by atoms with E-state index in [4.69, 9.17) is 9.88 Å². The Kier molecular flexibility index (Phi) is 6.24. The van der Waals surface area contributed by atoms with E-state index in [1.807, 2.05) is 35.2 Å². The topological polar surface area (TPSA) is 127 Å². The van der Waals surface area contributed by atoms with Crippen LogP contribution >= 0.6 is 0 Å². The molecule has 2 heterocycles. The molecule has 0 radical (unpaired) electrons. The summed E-state index contributed by atoms with van der Waals surface area (Å²) in [6, 6.07) is 19.3. The molecule has 32 heavy (non-hydrogen) atoms. The number of sulfonamides is 1. The number of nitrogens with one attached hydrogen (secondary N) is 2. The molecule has 1 aromatic heterocycles. The average Bonchev–Trinajstić information content (AvgIpc) is 3.24. The second-order valence-electron chi connectivity index (χ2n) is 7.37. The minimum absolute atomic E-state index is 0.0327. The van der Waals surface area contributed by atoms with Gasteiger partial charge in [0.25, 0.3) is 0 Å². The summed E-state index contributed by atoms with van der Waals surface area (Å²) < 4.78 is 28.5. The summed E-state index contributed by atoms with van der Waals surface area (Å²) >= 11 is 0. The van der Waals surface area contributed by atoms with Crippen LogP contribution in [0.1, 0.15) is 6.42 Å². The Labute approximate surface area is 186 Å². The van der Waals surface area contributed by atoms with Gasteiger partial charge in [-0.1, -0.05) is 18.2 Å². The molecule has 0 unspecified atom stereocenters. The second-order valence-corrected chi connectivity index (χ2v) is 8.93. The Hall–Kier alpha value is -3.63. The van der Waals surface area contributed by atoms with Crippen LogP contribution in [0.5, 0.6) is 11.5 Å². The van der Waals surface area contributed by atoms with Crippen molar-refractivity contribution >= 4 is 27.6 Å². The highest BCUT2D eigenvalue weighted by molar-refractivity contribution is 7.89. The summed E-state index contributed by atoms with van der Waals surface area (Å²) in [4.78, 5) is 18.5. The van der Waals surface area contributed by atoms with Crippen LogP contribution in [0.3, 0.4) is 0 Å². The number of pyridine rings is 1. The van der Waals surface area contributed by atoms with Crippen molar-refractivity contribution in [1.82, 2.24) is 10.3 Å². The van der Waals surface area contributed by atoms with Gasteiger partial charge < -0.3 is 20.3 Å². The highest BCUT2D eigenvalue weighted by Gasteiger charge is 2.25. The van der Waals surface area contributed by atoms with Gasteiger partial charge in [-0.05, 0) is 55.0 Å². The number of para-hydroxylation sites is 1. The lowest BCUT2D eigenvalue weighted by atomic mass is 10.2. The Morgan fingerprint density at radius 1 is 1.03 bits per heavy atom. The fourth-order valence-corrected chi connectivity index (χ4v) is 3.85. The summed E-state index contributed by atoms with van der Waals surface area (Å²) in [5.41, 5.74) is 0.651. The first kappa shape index (κ1) is 21.6. The highest BCUT2D eigenvalue weighted by atomic mass is 32.2. The Morgan fingerprint density at radius 2 is 1.75 bits per heavy atom. The minimum atomic E-state index is -3.77. The zero-order valence-electron chi connectivity index (χ0n) is 17.1. The van der Waals surface area contributed by atoms with Crippen LogP contribution in [-0.2, 0) is 10.0 Å². The third-order valence-electron chi connectivity index (χ3n) is 4.99. The van der Waals surface area contributed by atoms with Gasteiger partial charge in [0.15, 0.2) is 0 Å². The van der Waals surface area contributed by atoms with Gasteiger partial charge >= 0.3 is 6.03 Å². The molecule has 1 aliphatic heterocycles. The van der Waals surface area contributed by atoms with Crippen molar-refractivity contribution in [1.29, 1.82) is 0 Å². The van der Waals surface area contributed by atoms with E-state index in [0.29, 0.717) is 30.3 Å². The maximum Gasteiger partial charge on any atom is 0.319 e. The van der Waals surface area contributed by atoms with E-state index in [1.54, 1.807) is 30.3 Å². The number of nitrogens with zero attached hydrogens (tertiary/aromatic N) is 2. The number of benzene rings is 2. The number of amides is 2. The molecule has 0 aliphatic carbocycles. The standard InChI is InChI=1S/C22H23N5O4S/c23-32(29,30)20-10-11-21(24-14-20)27-13-12-17(15-27)26-22(28)25-16-6-8-19(9-7-16)31-18-4-2-1-3-5-18/h1-11,14,17H,12-13,15H2,(H2,23,29,30)(H2,25,26,28)/t17-/m0/s1. The molecule has 1 aliphatic rings. The molecular weight excluding hydrogens is 430 g/mol. The van der Waals surface area contributed by atoms with Gasteiger partial charge in [0.2, 0.25) is 10.0 Å². The zero-order valence-corrected chi connectivity index (χ0v) is 18.0. The second kappa shape index (κ2) is 9.25. The largest absolute Gasteiger partial charge is 0.457 e. The number of hydrogen-bond donors (Lipinski definition) is 3. The first-order valence-corrected chi connectivity index (χ1v) is 11.6. The molecule has 0 spiro atoms. The fourth-order valence-electron chi connectivity index (χ4n) is 3.40. The summed E-state index contributed by atoms with van der Waals surface area (Å²) in [6.07, 6.45) is 1.99. The van der Waals surface area contributed by atoms with E-state index in [9.17, 15) is 13.2 Å². The molecule has 0 saturated carbocycles. The van der Waals surface area contributed by atoms with Gasteiger partial charge in [0, 0.05) is 31.0 Å². The van der Waals surface area contributed by atoms with Gasteiger partial charge in [-0.25, -0.2) is 23.3 Å². The fraction of sp³-hybridized carbons (Fsp3) is 0.182. The first-order valence-electron chi connectivity index (χ1n) is 10.0. The molecule has 3 aromatic rings. The predicted molar refractivity (Wildman–Crippen MR) is 121 cm³/mol. The lowest BCUT2D eigenvalue weighted by Gasteiger charge is -2.18. The number of ether oxygens (including phenoxy) is 1. The van der Waals surface area contributed by atoms with E-state index in [0.717, 1.165) is 12.2 Å². The van der Waals surface area contributed by atoms with Crippen molar-refractivity contribution in [3.63, 3.8) is 0 Å². The van der Waals surface area contributed by atoms with Crippen molar-refractivity contribution in [2.24, 2.45) is 5.14 Å². The molecule has 9 nitrogen and oxygen atoms in total. The van der Waals surface area contributed by atoms with Crippen LogP contribution in [0.2, 0.25) is 0 Å². The molecule has 1 fully saturated rings. The van der Waals surface area contributed by atoms with E-state index < -0.39 is 10.0 Å². The number of rotatable bonds is 6. The molecule has 1 saturated heterocycles. The summed E-state index contributed by atoms with van der Waals surface area (Å²) in [6.45, 7) is 1.26. The van der Waals surface area contributed by atoms with Gasteiger partial charge in [0.05, 0.1) is 0 Å². The minimum Gasteiger partial charge on any atom is -0.457 e. The number of urea groups is 1. The van der Waals surface area contributed by atoms with E-state index >= 15 is 0 Å². The number of anilines is 2. The Bertz CT molecular complexity index is 1170. The third-order valence-corrected chi connectivity index (χ3v) is 5.89. The quantitative estimate of drug-likeness (QED) is 0.527. The SMILES string of the molecule is NS(=O)(=O)c1ccc(N2CC[C@H](NC(=O)Nc3ccc(Oc4ccccc4)cc3)C2)nc1. The van der Waals surface area contributed by atoms with Gasteiger partial charge in [-0.2, -0.15) is 0 Å². The monoisotopic (exact) mass is 453 g/mol. The van der Waals surface area contributed by atoms with Crippen molar-refractivity contribution in [2.45, 2.75) is 17.4 Å². The van der Waals surface area contributed by atoms with Crippen molar-refractivity contribution in [2.75, 3.05) is 23.3 Å². The third kappa shape index (κ3) is 5.54. The smallest absolute Gasteiger partial charge is 0.319 e. The molecule has 4 rings (SSSR count). The Balaban J connectivity index is 1.27. The number of aromatic nitrogens is 1. The number of nitrogens with two attached hydrogens (primary N) is 1. The number of primary sulfonamides is 1. The highest BCUT2D eigenvalue weighted by Crippen LogP contribution is 2.23. The molecule has 0 bridgehead atoms. The molecule has 4 N–H and O–H groups in total. The summed E-state index contributed by atoms with van der Waals surface area (Å²) in [5, 5.41) is 10.9. The molecule has 10 heteroatoms. The molecule has 166 valence electrons. The molecule has 2 aromatic carbocycles. The molecule has 1 atom stereocenters. The average molecular weight is 454 g/mol. The zero-order chi connectivity index (χ0) is 22.6. The van der Waals surface area contributed by atoms with E-state index in [-0.39, 0.29) is 17.0 Å².